The van der Waals surface area contributed by atoms with E-state index in [1.165, 1.54) is 5.56 Å². The fraction of sp³-hybridized carbons (Fsp3) is 0.526. The number of carbonyl (C=O) groups is 1. The van der Waals surface area contributed by atoms with Crippen molar-refractivity contribution < 1.29 is 9.32 Å². The molecule has 6 nitrogen and oxygen atoms in total. The third-order valence-electron chi connectivity index (χ3n) is 4.88. The van der Waals surface area contributed by atoms with Gasteiger partial charge in [0.15, 0.2) is 5.82 Å². The van der Waals surface area contributed by atoms with E-state index in [1.54, 1.807) is 0 Å². The summed E-state index contributed by atoms with van der Waals surface area (Å²) < 4.78 is 5.22. The Hall–Kier alpha value is -2.21. The molecule has 1 saturated heterocycles. The van der Waals surface area contributed by atoms with Crippen molar-refractivity contribution in [3.8, 4) is 0 Å². The summed E-state index contributed by atoms with van der Waals surface area (Å²) in [4.78, 5) is 18.9. The molecule has 2 atom stereocenters. The number of nitrogens with two attached hydrogens (primary N) is 1. The van der Waals surface area contributed by atoms with Gasteiger partial charge in [-0.25, -0.2) is 0 Å². The molecule has 1 aromatic heterocycles. The SMILES string of the molecule is CC(C)c1noc(CCC(=O)N2C[C@@H](CN)[C@H](c3ccccc3)C2)n1. The molecule has 0 unspecified atom stereocenters. The van der Waals surface area contributed by atoms with Gasteiger partial charge in [-0.3, -0.25) is 4.79 Å². The minimum Gasteiger partial charge on any atom is -0.342 e. The smallest absolute Gasteiger partial charge is 0.227 e. The predicted octanol–water partition coefficient (Wildman–Crippen LogP) is 2.33. The number of amides is 1. The van der Waals surface area contributed by atoms with E-state index in [0.717, 1.165) is 13.1 Å². The van der Waals surface area contributed by atoms with E-state index in [0.29, 0.717) is 42.9 Å². The molecule has 3 rings (SSSR count). The number of hydrogen-bond acceptors (Lipinski definition) is 5. The molecule has 2 N–H and O–H groups in total. The van der Waals surface area contributed by atoms with Crippen molar-refractivity contribution in [3.63, 3.8) is 0 Å². The predicted molar refractivity (Wildman–Crippen MR) is 95.0 cm³/mol. The van der Waals surface area contributed by atoms with Gasteiger partial charge in [-0.2, -0.15) is 4.98 Å². The van der Waals surface area contributed by atoms with Crippen molar-refractivity contribution >= 4 is 5.91 Å². The molecule has 1 fully saturated rings. The minimum absolute atomic E-state index is 0.126. The van der Waals surface area contributed by atoms with Crippen LogP contribution in [0.25, 0.3) is 0 Å². The third kappa shape index (κ3) is 4.07. The maximum atomic E-state index is 12.6. The lowest BCUT2D eigenvalue weighted by atomic mass is 9.89. The quantitative estimate of drug-likeness (QED) is 0.871. The summed E-state index contributed by atoms with van der Waals surface area (Å²) in [6, 6.07) is 10.3. The normalized spacial score (nSPS) is 20.4. The Kier molecular flexibility index (Phi) is 5.48. The van der Waals surface area contributed by atoms with Crippen LogP contribution in [0.2, 0.25) is 0 Å². The Morgan fingerprint density at radius 1 is 1.32 bits per heavy atom. The van der Waals surface area contributed by atoms with Crippen molar-refractivity contribution in [2.75, 3.05) is 19.6 Å². The van der Waals surface area contributed by atoms with Crippen LogP contribution in [0.5, 0.6) is 0 Å². The number of aryl methyl sites for hydroxylation is 1. The third-order valence-corrected chi connectivity index (χ3v) is 4.88. The van der Waals surface area contributed by atoms with Gasteiger partial charge in [0.25, 0.3) is 0 Å². The highest BCUT2D eigenvalue weighted by Gasteiger charge is 2.35. The largest absolute Gasteiger partial charge is 0.342 e. The van der Waals surface area contributed by atoms with Crippen LogP contribution in [0.1, 0.15) is 49.4 Å². The van der Waals surface area contributed by atoms with Crippen molar-refractivity contribution in [3.05, 3.63) is 47.6 Å². The van der Waals surface area contributed by atoms with Crippen LogP contribution in [0.15, 0.2) is 34.9 Å². The molecule has 1 aliphatic heterocycles. The lowest BCUT2D eigenvalue weighted by Gasteiger charge is -2.16. The summed E-state index contributed by atoms with van der Waals surface area (Å²) in [6.07, 6.45) is 0.872. The zero-order valence-electron chi connectivity index (χ0n) is 14.9. The van der Waals surface area contributed by atoms with Gasteiger partial charge in [0.2, 0.25) is 11.8 Å². The van der Waals surface area contributed by atoms with E-state index >= 15 is 0 Å². The van der Waals surface area contributed by atoms with E-state index in [9.17, 15) is 4.79 Å². The number of carbonyl (C=O) groups excluding carboxylic acids is 1. The molecule has 0 spiro atoms. The molecule has 134 valence electrons. The summed E-state index contributed by atoms with van der Waals surface area (Å²) in [5.74, 6) is 2.19. The highest BCUT2D eigenvalue weighted by atomic mass is 16.5. The van der Waals surface area contributed by atoms with Crippen LogP contribution in [-0.4, -0.2) is 40.6 Å². The monoisotopic (exact) mass is 342 g/mol. The first-order valence-corrected chi connectivity index (χ1v) is 8.93. The molecule has 0 bridgehead atoms. The maximum absolute atomic E-state index is 12.6. The van der Waals surface area contributed by atoms with Gasteiger partial charge in [0.05, 0.1) is 0 Å². The average molecular weight is 342 g/mol. The zero-order chi connectivity index (χ0) is 17.8. The maximum Gasteiger partial charge on any atom is 0.227 e. The van der Waals surface area contributed by atoms with E-state index in [-0.39, 0.29) is 11.8 Å². The van der Waals surface area contributed by atoms with Gasteiger partial charge in [-0.1, -0.05) is 49.3 Å². The number of likely N-dealkylation sites (tertiary alicyclic amines) is 1. The van der Waals surface area contributed by atoms with E-state index in [2.05, 4.69) is 22.3 Å². The van der Waals surface area contributed by atoms with Crippen LogP contribution >= 0.6 is 0 Å². The standard InChI is InChI=1S/C19H26N4O2/c1-13(2)19-21-17(25-22-19)8-9-18(24)23-11-15(10-20)16(12-23)14-6-4-3-5-7-14/h3-7,13,15-16H,8-12,20H2,1-2H3/t15-,16+/m1/s1. The van der Waals surface area contributed by atoms with Crippen LogP contribution < -0.4 is 5.73 Å². The molecule has 1 amide bonds. The second-order valence-corrected chi connectivity index (χ2v) is 7.01. The molecule has 2 aromatic rings. The number of hydrogen-bond donors (Lipinski definition) is 1. The summed E-state index contributed by atoms with van der Waals surface area (Å²) in [6.45, 7) is 6.06. The van der Waals surface area contributed by atoms with Gasteiger partial charge in [0.1, 0.15) is 0 Å². The highest BCUT2D eigenvalue weighted by Crippen LogP contribution is 2.32. The van der Waals surface area contributed by atoms with Crippen molar-refractivity contribution in [2.24, 2.45) is 11.7 Å². The summed E-state index contributed by atoms with van der Waals surface area (Å²) in [7, 11) is 0. The van der Waals surface area contributed by atoms with E-state index in [1.807, 2.05) is 36.9 Å². The first-order valence-electron chi connectivity index (χ1n) is 8.93. The molecule has 1 aromatic carbocycles. The van der Waals surface area contributed by atoms with Crippen LogP contribution in [-0.2, 0) is 11.2 Å². The van der Waals surface area contributed by atoms with Gasteiger partial charge in [-0.15, -0.1) is 0 Å². The summed E-state index contributed by atoms with van der Waals surface area (Å²) in [5, 5.41) is 3.94. The minimum atomic E-state index is 0.126. The lowest BCUT2D eigenvalue weighted by molar-refractivity contribution is -0.130. The Labute approximate surface area is 148 Å². The van der Waals surface area contributed by atoms with Crippen molar-refractivity contribution in [1.29, 1.82) is 0 Å². The number of aromatic nitrogens is 2. The average Bonchev–Trinajstić information content (AvgIpc) is 3.27. The first kappa shape index (κ1) is 17.6. The van der Waals surface area contributed by atoms with E-state index < -0.39 is 0 Å². The van der Waals surface area contributed by atoms with Gasteiger partial charge in [0, 0.05) is 37.8 Å². The zero-order valence-corrected chi connectivity index (χ0v) is 14.9. The molecule has 6 heteroatoms. The molecule has 0 radical (unpaired) electrons. The molecule has 25 heavy (non-hydrogen) atoms. The number of rotatable bonds is 6. The Bertz CT molecular complexity index is 698. The fourth-order valence-corrected chi connectivity index (χ4v) is 3.37. The molecule has 1 aliphatic rings. The first-order chi connectivity index (χ1) is 12.1. The second-order valence-electron chi connectivity index (χ2n) is 7.01. The highest BCUT2D eigenvalue weighted by molar-refractivity contribution is 5.76. The molecule has 0 aliphatic carbocycles. The van der Waals surface area contributed by atoms with Crippen LogP contribution in [0.4, 0.5) is 0 Å². The second kappa shape index (κ2) is 7.78. The van der Waals surface area contributed by atoms with Gasteiger partial charge in [-0.05, 0) is 18.0 Å². The summed E-state index contributed by atoms with van der Waals surface area (Å²) >= 11 is 0. The van der Waals surface area contributed by atoms with Gasteiger partial charge >= 0.3 is 0 Å². The lowest BCUT2D eigenvalue weighted by Crippen LogP contribution is -2.30. The van der Waals surface area contributed by atoms with Crippen molar-refractivity contribution in [2.45, 2.75) is 38.5 Å². The van der Waals surface area contributed by atoms with Gasteiger partial charge < -0.3 is 15.2 Å². The molecular formula is C19H26N4O2. The Morgan fingerprint density at radius 3 is 2.72 bits per heavy atom. The Morgan fingerprint density at radius 2 is 2.08 bits per heavy atom. The number of benzene rings is 1. The summed E-state index contributed by atoms with van der Waals surface area (Å²) in [5.41, 5.74) is 7.20. The van der Waals surface area contributed by atoms with Crippen LogP contribution in [0, 0.1) is 5.92 Å². The van der Waals surface area contributed by atoms with Crippen LogP contribution in [0.3, 0.4) is 0 Å². The molecule has 2 heterocycles. The topological polar surface area (TPSA) is 85.2 Å². The molecule has 0 saturated carbocycles. The fourth-order valence-electron chi connectivity index (χ4n) is 3.37. The number of nitrogens with zero attached hydrogens (tertiary/aromatic N) is 3. The van der Waals surface area contributed by atoms with E-state index in [4.69, 9.17) is 10.3 Å². The van der Waals surface area contributed by atoms with Crippen molar-refractivity contribution in [1.82, 2.24) is 15.0 Å². The molecular weight excluding hydrogens is 316 g/mol. The Balaban J connectivity index is 1.59.